The van der Waals surface area contributed by atoms with Gasteiger partial charge >= 0.3 is 0 Å². The van der Waals surface area contributed by atoms with Gasteiger partial charge < -0.3 is 20.5 Å². The van der Waals surface area contributed by atoms with Gasteiger partial charge in [-0.1, -0.05) is 66.7 Å². The molecule has 0 saturated carbocycles. The number of rotatable bonds is 10. The first-order valence-corrected chi connectivity index (χ1v) is 10.6. The third kappa shape index (κ3) is 5.92. The lowest BCUT2D eigenvalue weighted by Crippen LogP contribution is -2.37. The number of nitrogens with one attached hydrogen (secondary N) is 1. The average Bonchev–Trinajstić information content (AvgIpc) is 3.25. The summed E-state index contributed by atoms with van der Waals surface area (Å²) in [7, 11) is 0. The predicted octanol–water partition coefficient (Wildman–Crippen LogP) is 4.22. The molecule has 0 radical (unpaired) electrons. The molecule has 0 fully saturated rings. The Hall–Kier alpha value is -3.35. The second-order valence-electron chi connectivity index (χ2n) is 7.85. The van der Waals surface area contributed by atoms with Crippen molar-refractivity contribution in [2.24, 2.45) is 5.73 Å². The minimum atomic E-state index is -0.976. The minimum Gasteiger partial charge on any atom is -0.489 e. The van der Waals surface area contributed by atoms with Gasteiger partial charge in [0.25, 0.3) is 6.47 Å². The highest BCUT2D eigenvalue weighted by Gasteiger charge is 2.32. The Labute approximate surface area is 199 Å². The summed E-state index contributed by atoms with van der Waals surface area (Å²) in [5, 5.41) is 3.39. The van der Waals surface area contributed by atoms with Crippen LogP contribution < -0.4 is 15.8 Å². The van der Waals surface area contributed by atoms with Gasteiger partial charge in [-0.05, 0) is 29.7 Å². The van der Waals surface area contributed by atoms with Gasteiger partial charge in [-0.25, -0.2) is 0 Å². The van der Waals surface area contributed by atoms with Crippen LogP contribution in [0.25, 0.3) is 0 Å². The molecule has 6 nitrogen and oxygen atoms in total. The molecule has 0 saturated heterocycles. The highest BCUT2D eigenvalue weighted by Crippen LogP contribution is 2.30. The van der Waals surface area contributed by atoms with E-state index in [1.54, 1.807) is 12.1 Å². The molecule has 3 aromatic rings. The summed E-state index contributed by atoms with van der Waals surface area (Å²) < 4.78 is 11.1. The molecule has 3 aromatic carbocycles. The Morgan fingerprint density at radius 2 is 1.73 bits per heavy atom. The molecule has 0 spiro atoms. The number of benzene rings is 3. The molecular formula is C26H27ClN2O4. The number of carbonyl (C=O) groups excluding carboxylic acids is 2. The van der Waals surface area contributed by atoms with Crippen LogP contribution in [0.2, 0.25) is 0 Å². The summed E-state index contributed by atoms with van der Waals surface area (Å²) in [6.07, 6.45) is 0.151. The van der Waals surface area contributed by atoms with Crippen LogP contribution in [0, 0.1) is 0 Å². The second-order valence-corrected chi connectivity index (χ2v) is 7.85. The van der Waals surface area contributed by atoms with Gasteiger partial charge in [0.1, 0.15) is 12.4 Å². The smallest absolute Gasteiger partial charge is 0.293 e. The van der Waals surface area contributed by atoms with Gasteiger partial charge in [-0.2, -0.15) is 0 Å². The monoisotopic (exact) mass is 466 g/mol. The van der Waals surface area contributed by atoms with Crippen molar-refractivity contribution in [2.45, 2.75) is 37.6 Å². The van der Waals surface area contributed by atoms with Gasteiger partial charge in [0.2, 0.25) is 0 Å². The Bertz CT molecular complexity index is 1050. The van der Waals surface area contributed by atoms with E-state index < -0.39 is 12.1 Å². The number of hydrogen-bond acceptors (Lipinski definition) is 6. The first kappa shape index (κ1) is 24.3. The van der Waals surface area contributed by atoms with Crippen LogP contribution >= 0.6 is 12.4 Å². The van der Waals surface area contributed by atoms with Crippen molar-refractivity contribution in [3.8, 4) is 5.75 Å². The van der Waals surface area contributed by atoms with Crippen molar-refractivity contribution in [1.29, 1.82) is 0 Å². The van der Waals surface area contributed by atoms with Crippen LogP contribution in [0.15, 0.2) is 78.9 Å². The Balaban J connectivity index is 0.00000306. The largest absolute Gasteiger partial charge is 0.489 e. The van der Waals surface area contributed by atoms with Crippen molar-refractivity contribution in [3.05, 3.63) is 95.6 Å². The van der Waals surface area contributed by atoms with Crippen LogP contribution in [0.3, 0.4) is 0 Å². The van der Waals surface area contributed by atoms with E-state index in [0.717, 1.165) is 17.7 Å². The van der Waals surface area contributed by atoms with Crippen LogP contribution in [-0.2, 0) is 27.4 Å². The summed E-state index contributed by atoms with van der Waals surface area (Å²) >= 11 is 0. The van der Waals surface area contributed by atoms with E-state index in [-0.39, 0.29) is 24.2 Å². The molecule has 172 valence electrons. The zero-order valence-corrected chi connectivity index (χ0v) is 18.9. The van der Waals surface area contributed by atoms with Gasteiger partial charge in [0, 0.05) is 23.7 Å². The molecule has 4 rings (SSSR count). The van der Waals surface area contributed by atoms with E-state index in [1.807, 2.05) is 66.7 Å². The molecule has 3 N–H and O–H groups in total. The van der Waals surface area contributed by atoms with Gasteiger partial charge in [-0.3, -0.25) is 9.59 Å². The zero-order valence-electron chi connectivity index (χ0n) is 18.1. The summed E-state index contributed by atoms with van der Waals surface area (Å²) in [5.74, 6) is 0.180. The van der Waals surface area contributed by atoms with E-state index in [2.05, 4.69) is 5.32 Å². The molecule has 1 aliphatic heterocycles. The normalized spacial score (nSPS) is 15.8. The molecule has 0 aromatic heterocycles. The molecule has 1 aliphatic rings. The summed E-state index contributed by atoms with van der Waals surface area (Å²) in [6.45, 7) is 0.673. The number of Topliss-reactive ketones (excluding diaryl/α,β-unsaturated/α-hetero) is 1. The Kier molecular flexibility index (Phi) is 8.46. The SMILES string of the molecule is Cl.NC(C(=O)C(CC1Cc2ccccc2N1)OC=O)c1ccccc1OCc1ccccc1. The molecule has 7 heteroatoms. The maximum Gasteiger partial charge on any atom is 0.293 e. The number of nitrogens with two attached hydrogens (primary N) is 1. The zero-order chi connectivity index (χ0) is 22.3. The Morgan fingerprint density at radius 3 is 2.48 bits per heavy atom. The number of hydrogen-bond donors (Lipinski definition) is 2. The molecular weight excluding hydrogens is 440 g/mol. The topological polar surface area (TPSA) is 90.7 Å². The van der Waals surface area contributed by atoms with Crippen molar-refractivity contribution in [3.63, 3.8) is 0 Å². The van der Waals surface area contributed by atoms with E-state index in [1.165, 1.54) is 5.56 Å². The quantitative estimate of drug-likeness (QED) is 0.435. The van der Waals surface area contributed by atoms with E-state index in [9.17, 15) is 9.59 Å². The first-order valence-electron chi connectivity index (χ1n) is 10.6. The highest BCUT2D eigenvalue weighted by molar-refractivity contribution is 5.90. The minimum absolute atomic E-state index is 0. The second kappa shape index (κ2) is 11.5. The standard InChI is InChI=1S/C26H26N2O4.ClH/c27-25(21-11-5-7-13-23(21)31-16-18-8-2-1-3-9-18)26(30)24(32-17-29)15-20-14-19-10-4-6-12-22(19)28-20;/h1-13,17,20,24-25,28H,14-16,27H2;1H. The van der Waals surface area contributed by atoms with Crippen molar-refractivity contribution >= 4 is 30.3 Å². The summed E-state index contributed by atoms with van der Waals surface area (Å²) in [4.78, 5) is 24.4. The molecule has 0 aliphatic carbocycles. The predicted molar refractivity (Wildman–Crippen MR) is 130 cm³/mol. The number of halogens is 1. The van der Waals surface area contributed by atoms with Crippen LogP contribution in [0.4, 0.5) is 5.69 Å². The lowest BCUT2D eigenvalue weighted by Gasteiger charge is -2.23. The number of anilines is 1. The molecule has 3 atom stereocenters. The molecule has 0 amide bonds. The van der Waals surface area contributed by atoms with Crippen LogP contribution in [-0.4, -0.2) is 24.4 Å². The van der Waals surface area contributed by atoms with E-state index >= 15 is 0 Å². The molecule has 33 heavy (non-hydrogen) atoms. The Morgan fingerprint density at radius 1 is 1.03 bits per heavy atom. The molecule has 1 heterocycles. The van der Waals surface area contributed by atoms with Crippen LogP contribution in [0.5, 0.6) is 5.75 Å². The fourth-order valence-corrected chi connectivity index (χ4v) is 4.04. The third-order valence-electron chi connectivity index (χ3n) is 5.68. The number of ketones is 1. The summed E-state index contributed by atoms with van der Waals surface area (Å²) in [5.41, 5.74) is 10.1. The highest BCUT2D eigenvalue weighted by atomic mass is 35.5. The number of fused-ring (bicyclic) bond motifs is 1. The molecule has 3 unspecified atom stereocenters. The molecule has 0 bridgehead atoms. The van der Waals surface area contributed by atoms with Gasteiger partial charge in [0.05, 0.1) is 6.04 Å². The number of ether oxygens (including phenoxy) is 2. The first-order chi connectivity index (χ1) is 15.7. The number of carbonyl (C=O) groups is 2. The van der Waals surface area contributed by atoms with E-state index in [0.29, 0.717) is 30.8 Å². The van der Waals surface area contributed by atoms with Crippen molar-refractivity contribution in [2.75, 3.05) is 5.32 Å². The fraction of sp³-hybridized carbons (Fsp3) is 0.231. The lowest BCUT2D eigenvalue weighted by atomic mass is 9.94. The summed E-state index contributed by atoms with van der Waals surface area (Å²) in [6, 6.07) is 23.9. The lowest BCUT2D eigenvalue weighted by molar-refractivity contribution is -0.145. The number of para-hydroxylation sites is 2. The van der Waals surface area contributed by atoms with Crippen molar-refractivity contribution in [1.82, 2.24) is 0 Å². The average molecular weight is 467 g/mol. The van der Waals surface area contributed by atoms with Crippen molar-refractivity contribution < 1.29 is 19.1 Å². The maximum atomic E-state index is 13.2. The van der Waals surface area contributed by atoms with Crippen LogP contribution in [0.1, 0.15) is 29.2 Å². The van der Waals surface area contributed by atoms with Gasteiger partial charge in [-0.15, -0.1) is 12.4 Å². The maximum absolute atomic E-state index is 13.2. The van der Waals surface area contributed by atoms with Gasteiger partial charge in [0.15, 0.2) is 11.9 Å². The van der Waals surface area contributed by atoms with E-state index in [4.69, 9.17) is 15.2 Å². The third-order valence-corrected chi connectivity index (χ3v) is 5.68. The fourth-order valence-electron chi connectivity index (χ4n) is 4.04.